The number of amides is 2. The lowest BCUT2D eigenvalue weighted by atomic mass is 10.0. The predicted molar refractivity (Wildman–Crippen MR) is 89.3 cm³/mol. The van der Waals surface area contributed by atoms with Gasteiger partial charge in [-0.05, 0) is 42.9 Å². The molecule has 5 heteroatoms. The van der Waals surface area contributed by atoms with E-state index < -0.39 is 5.91 Å². The van der Waals surface area contributed by atoms with Crippen molar-refractivity contribution >= 4 is 28.2 Å². The van der Waals surface area contributed by atoms with E-state index in [-0.39, 0.29) is 5.91 Å². The van der Waals surface area contributed by atoms with Gasteiger partial charge in [-0.2, -0.15) is 0 Å². The number of hydrogen-bond donors (Lipinski definition) is 2. The lowest BCUT2D eigenvalue weighted by molar-refractivity contribution is -0.114. The zero-order valence-corrected chi connectivity index (χ0v) is 13.5. The van der Waals surface area contributed by atoms with Gasteiger partial charge in [0.15, 0.2) is 0 Å². The van der Waals surface area contributed by atoms with Crippen LogP contribution in [0.4, 0.5) is 5.00 Å². The van der Waals surface area contributed by atoms with Gasteiger partial charge in [-0.1, -0.05) is 23.8 Å². The molecule has 1 aliphatic carbocycles. The number of anilines is 1. The van der Waals surface area contributed by atoms with Crippen molar-refractivity contribution in [3.63, 3.8) is 0 Å². The Hall–Kier alpha value is -2.14. The first-order valence-corrected chi connectivity index (χ1v) is 8.12. The highest BCUT2D eigenvalue weighted by atomic mass is 32.1. The minimum Gasteiger partial charge on any atom is -0.365 e. The Bertz CT molecular complexity index is 777. The summed E-state index contributed by atoms with van der Waals surface area (Å²) in [5.41, 5.74) is 10.7. The zero-order valence-electron chi connectivity index (χ0n) is 12.7. The van der Waals surface area contributed by atoms with E-state index in [1.807, 2.05) is 0 Å². The van der Waals surface area contributed by atoms with Crippen LogP contribution in [0.3, 0.4) is 0 Å². The molecule has 0 unspecified atom stereocenters. The Morgan fingerprint density at radius 3 is 2.73 bits per heavy atom. The lowest BCUT2D eigenvalue weighted by Gasteiger charge is -2.06. The number of rotatable bonds is 2. The fraction of sp³-hybridized carbons (Fsp3) is 0.294. The van der Waals surface area contributed by atoms with Gasteiger partial charge >= 0.3 is 0 Å². The second kappa shape index (κ2) is 5.57. The molecular weight excluding hydrogens is 296 g/mol. The summed E-state index contributed by atoms with van der Waals surface area (Å²) in [6, 6.07) is 6.38. The molecule has 0 atom stereocenters. The first kappa shape index (κ1) is 14.8. The lowest BCUT2D eigenvalue weighted by Crippen LogP contribution is -2.16. The number of carbonyl (C=O) groups is 2. The molecule has 0 saturated heterocycles. The highest BCUT2D eigenvalue weighted by molar-refractivity contribution is 7.20. The van der Waals surface area contributed by atoms with Crippen LogP contribution < -0.4 is 11.1 Å². The van der Waals surface area contributed by atoms with Crippen LogP contribution in [0.1, 0.15) is 40.4 Å². The molecule has 2 aromatic rings. The third-order valence-corrected chi connectivity index (χ3v) is 5.10. The first-order chi connectivity index (χ1) is 10.5. The molecule has 0 bridgehead atoms. The molecular formula is C17H18N2O2S. The summed E-state index contributed by atoms with van der Waals surface area (Å²) in [4.78, 5) is 24.4. The number of primary amides is 1. The number of nitrogens with two attached hydrogens (primary N) is 1. The Morgan fingerprint density at radius 2 is 2.05 bits per heavy atom. The van der Waals surface area contributed by atoms with E-state index in [0.29, 0.717) is 10.6 Å². The Balaban J connectivity index is 2.23. The van der Waals surface area contributed by atoms with Crippen LogP contribution in [0.5, 0.6) is 0 Å². The highest BCUT2D eigenvalue weighted by Crippen LogP contribution is 2.44. The van der Waals surface area contributed by atoms with Crippen molar-refractivity contribution in [3.05, 3.63) is 40.5 Å². The van der Waals surface area contributed by atoms with Crippen LogP contribution in [-0.2, 0) is 17.6 Å². The summed E-state index contributed by atoms with van der Waals surface area (Å²) in [5, 5.41) is 3.32. The fourth-order valence-electron chi connectivity index (χ4n) is 3.04. The maximum Gasteiger partial charge on any atom is 0.252 e. The van der Waals surface area contributed by atoms with Gasteiger partial charge in [0.2, 0.25) is 5.91 Å². The van der Waals surface area contributed by atoms with Crippen molar-refractivity contribution < 1.29 is 9.59 Å². The van der Waals surface area contributed by atoms with Crippen LogP contribution in [0, 0.1) is 6.92 Å². The molecule has 0 spiro atoms. The monoisotopic (exact) mass is 314 g/mol. The molecule has 0 radical (unpaired) electrons. The molecule has 1 aromatic heterocycles. The normalized spacial score (nSPS) is 13.0. The van der Waals surface area contributed by atoms with Gasteiger partial charge in [0.25, 0.3) is 5.91 Å². The largest absolute Gasteiger partial charge is 0.365 e. The summed E-state index contributed by atoms with van der Waals surface area (Å²) in [5.74, 6) is -0.667. The Morgan fingerprint density at radius 1 is 1.27 bits per heavy atom. The molecule has 0 fully saturated rings. The molecule has 22 heavy (non-hydrogen) atoms. The van der Waals surface area contributed by atoms with Crippen molar-refractivity contribution in [1.29, 1.82) is 0 Å². The summed E-state index contributed by atoms with van der Waals surface area (Å²) in [6.07, 6.45) is 2.77. The number of hydrogen-bond acceptors (Lipinski definition) is 3. The molecule has 0 saturated carbocycles. The summed E-state index contributed by atoms with van der Waals surface area (Å²) in [7, 11) is 0. The number of fused-ring (bicyclic) bond motifs is 3. The van der Waals surface area contributed by atoms with Crippen LogP contribution in [0.25, 0.3) is 10.4 Å². The van der Waals surface area contributed by atoms with Gasteiger partial charge in [0, 0.05) is 11.8 Å². The summed E-state index contributed by atoms with van der Waals surface area (Å²) < 4.78 is 0. The second-order valence-electron chi connectivity index (χ2n) is 5.67. The van der Waals surface area contributed by atoms with Gasteiger partial charge in [-0.15, -0.1) is 11.3 Å². The van der Waals surface area contributed by atoms with Gasteiger partial charge in [-0.3, -0.25) is 9.59 Å². The van der Waals surface area contributed by atoms with E-state index in [9.17, 15) is 9.59 Å². The SMILES string of the molecule is CC(=O)Nc1sc2c(c1C(N)=O)CCCc1cc(C)ccc1-2. The third kappa shape index (κ3) is 2.52. The van der Waals surface area contributed by atoms with Crippen molar-refractivity contribution in [2.24, 2.45) is 5.73 Å². The number of nitrogens with one attached hydrogen (secondary N) is 1. The summed E-state index contributed by atoms with van der Waals surface area (Å²) >= 11 is 1.45. The van der Waals surface area contributed by atoms with Crippen LogP contribution in [0.2, 0.25) is 0 Å². The van der Waals surface area contributed by atoms with E-state index in [1.165, 1.54) is 29.4 Å². The van der Waals surface area contributed by atoms with Crippen LogP contribution in [-0.4, -0.2) is 11.8 Å². The third-order valence-electron chi connectivity index (χ3n) is 3.92. The number of benzene rings is 1. The van der Waals surface area contributed by atoms with Gasteiger partial charge in [0.1, 0.15) is 5.00 Å². The van der Waals surface area contributed by atoms with Crippen molar-refractivity contribution in [2.45, 2.75) is 33.1 Å². The Kier molecular flexibility index (Phi) is 3.74. The predicted octanol–water partition coefficient (Wildman–Crippen LogP) is 3.27. The molecule has 1 aromatic carbocycles. The second-order valence-corrected chi connectivity index (χ2v) is 6.69. The van der Waals surface area contributed by atoms with E-state index in [0.717, 1.165) is 35.3 Å². The van der Waals surface area contributed by atoms with Gasteiger partial charge in [-0.25, -0.2) is 0 Å². The van der Waals surface area contributed by atoms with Crippen LogP contribution >= 0.6 is 11.3 Å². The molecule has 4 nitrogen and oxygen atoms in total. The van der Waals surface area contributed by atoms with Gasteiger partial charge < -0.3 is 11.1 Å². The minimum absolute atomic E-state index is 0.192. The molecule has 1 aliphatic rings. The van der Waals surface area contributed by atoms with Crippen molar-refractivity contribution in [1.82, 2.24) is 0 Å². The highest BCUT2D eigenvalue weighted by Gasteiger charge is 2.26. The average molecular weight is 314 g/mol. The smallest absolute Gasteiger partial charge is 0.252 e. The maximum atomic E-state index is 11.9. The number of aryl methyl sites for hydroxylation is 2. The van der Waals surface area contributed by atoms with Crippen LogP contribution in [0.15, 0.2) is 18.2 Å². The summed E-state index contributed by atoms with van der Waals surface area (Å²) in [6.45, 7) is 3.52. The quantitative estimate of drug-likeness (QED) is 0.893. The molecule has 2 amide bonds. The maximum absolute atomic E-state index is 11.9. The molecule has 3 N–H and O–H groups in total. The van der Waals surface area contributed by atoms with E-state index in [1.54, 1.807) is 0 Å². The molecule has 3 rings (SSSR count). The van der Waals surface area contributed by atoms with Crippen molar-refractivity contribution in [2.75, 3.05) is 5.32 Å². The molecule has 114 valence electrons. The zero-order chi connectivity index (χ0) is 15.9. The molecule has 1 heterocycles. The Labute approximate surface area is 133 Å². The number of carbonyl (C=O) groups excluding carboxylic acids is 2. The van der Waals surface area contributed by atoms with E-state index in [2.05, 4.69) is 30.4 Å². The van der Waals surface area contributed by atoms with Crippen molar-refractivity contribution in [3.8, 4) is 10.4 Å². The topological polar surface area (TPSA) is 72.2 Å². The first-order valence-electron chi connectivity index (χ1n) is 7.30. The van der Waals surface area contributed by atoms with Gasteiger partial charge in [0.05, 0.1) is 5.56 Å². The van der Waals surface area contributed by atoms with E-state index >= 15 is 0 Å². The minimum atomic E-state index is -0.475. The number of thiophene rings is 1. The standard InChI is InChI=1S/C17H18N2O2S/c1-9-6-7-12-11(8-9)4-3-5-13-14(16(18)21)17(19-10(2)20)22-15(12)13/h6-8H,3-5H2,1-2H3,(H2,18,21)(H,19,20). The fourth-order valence-corrected chi connectivity index (χ4v) is 4.40. The molecule has 0 aliphatic heterocycles. The average Bonchev–Trinajstić information content (AvgIpc) is 2.67. The van der Waals surface area contributed by atoms with E-state index in [4.69, 9.17) is 5.73 Å².